The number of nitrogens with zero attached hydrogens (tertiary/aromatic N) is 1. The summed E-state index contributed by atoms with van der Waals surface area (Å²) in [6.07, 6.45) is 1.34. The smallest absolute Gasteiger partial charge is 0.238 e. The molecule has 1 N–H and O–H groups in total. The van der Waals surface area contributed by atoms with E-state index in [0.29, 0.717) is 12.5 Å². The molecule has 1 saturated carbocycles. The Hall–Kier alpha value is -1.35. The molecule has 1 aromatic carbocycles. The Morgan fingerprint density at radius 1 is 1.44 bits per heavy atom. The van der Waals surface area contributed by atoms with Gasteiger partial charge in [-0.3, -0.25) is 10.1 Å². The van der Waals surface area contributed by atoms with Crippen molar-refractivity contribution in [1.82, 2.24) is 10.2 Å². The highest BCUT2D eigenvalue weighted by molar-refractivity contribution is 5.81. The molecule has 1 aromatic rings. The number of carbonyl (C=O) groups excluding carboxylic acids is 1. The van der Waals surface area contributed by atoms with Crippen LogP contribution in [-0.4, -0.2) is 23.9 Å². The van der Waals surface area contributed by atoms with Crippen LogP contribution in [-0.2, 0) is 4.79 Å². The van der Waals surface area contributed by atoms with Gasteiger partial charge in [0.25, 0.3) is 0 Å². The standard InChI is InChI=1S/C15H20N2O/c1-10-4-3-5-12(6-10)15-16-8-14(18)17(15)9-13-7-11(13)2/h3-6,11,13,15-16H,7-9H2,1-2H3. The van der Waals surface area contributed by atoms with Crippen LogP contribution >= 0.6 is 0 Å². The Bertz CT molecular complexity index is 471. The second-order valence-electron chi connectivity index (χ2n) is 5.72. The van der Waals surface area contributed by atoms with E-state index in [9.17, 15) is 4.79 Å². The first kappa shape index (κ1) is 11.7. The lowest BCUT2D eigenvalue weighted by atomic mass is 10.1. The summed E-state index contributed by atoms with van der Waals surface area (Å²) in [6, 6.07) is 8.42. The number of rotatable bonds is 3. The van der Waals surface area contributed by atoms with Gasteiger partial charge in [0.1, 0.15) is 6.17 Å². The number of hydrogen-bond acceptors (Lipinski definition) is 2. The Kier molecular flexibility index (Phi) is 2.86. The SMILES string of the molecule is Cc1cccc(C2NCC(=O)N2CC2CC2C)c1. The minimum atomic E-state index is 0.0743. The molecule has 0 bridgehead atoms. The lowest BCUT2D eigenvalue weighted by molar-refractivity contribution is -0.128. The molecule has 1 saturated heterocycles. The van der Waals surface area contributed by atoms with E-state index in [1.54, 1.807) is 0 Å². The fraction of sp³-hybridized carbons (Fsp3) is 0.533. The van der Waals surface area contributed by atoms with Gasteiger partial charge in [-0.05, 0) is 30.7 Å². The van der Waals surface area contributed by atoms with Gasteiger partial charge in [-0.2, -0.15) is 0 Å². The summed E-state index contributed by atoms with van der Waals surface area (Å²) in [4.78, 5) is 14.0. The molecule has 3 unspecified atom stereocenters. The van der Waals surface area contributed by atoms with E-state index in [0.717, 1.165) is 12.5 Å². The molecule has 1 aliphatic heterocycles. The van der Waals surface area contributed by atoms with Crippen molar-refractivity contribution in [3.63, 3.8) is 0 Å². The number of hydrogen-bond donors (Lipinski definition) is 1. The Morgan fingerprint density at radius 2 is 2.22 bits per heavy atom. The zero-order valence-electron chi connectivity index (χ0n) is 11.0. The third-order valence-electron chi connectivity index (χ3n) is 4.14. The Balaban J connectivity index is 1.79. The van der Waals surface area contributed by atoms with Crippen LogP contribution in [0.3, 0.4) is 0 Å². The highest BCUT2D eigenvalue weighted by Gasteiger charge is 2.39. The molecule has 3 atom stereocenters. The van der Waals surface area contributed by atoms with E-state index in [1.807, 2.05) is 4.90 Å². The third-order valence-corrected chi connectivity index (χ3v) is 4.14. The minimum Gasteiger partial charge on any atom is -0.322 e. The summed E-state index contributed by atoms with van der Waals surface area (Å²) in [6.45, 7) is 5.74. The van der Waals surface area contributed by atoms with Crippen LogP contribution in [0.1, 0.15) is 30.6 Å². The number of aryl methyl sites for hydroxylation is 1. The van der Waals surface area contributed by atoms with Crippen molar-refractivity contribution in [2.45, 2.75) is 26.4 Å². The number of benzene rings is 1. The molecule has 1 aliphatic carbocycles. The number of nitrogens with one attached hydrogen (secondary N) is 1. The van der Waals surface area contributed by atoms with E-state index in [2.05, 4.69) is 43.4 Å². The molecule has 2 aliphatic rings. The van der Waals surface area contributed by atoms with Crippen LogP contribution in [0.25, 0.3) is 0 Å². The molecule has 96 valence electrons. The number of amides is 1. The molecule has 18 heavy (non-hydrogen) atoms. The maximum atomic E-state index is 12.0. The van der Waals surface area contributed by atoms with Gasteiger partial charge < -0.3 is 4.90 Å². The van der Waals surface area contributed by atoms with Crippen molar-refractivity contribution in [1.29, 1.82) is 0 Å². The second-order valence-corrected chi connectivity index (χ2v) is 5.72. The van der Waals surface area contributed by atoms with Crippen LogP contribution in [0.15, 0.2) is 24.3 Å². The van der Waals surface area contributed by atoms with E-state index in [4.69, 9.17) is 0 Å². The quantitative estimate of drug-likeness (QED) is 0.883. The first-order chi connectivity index (χ1) is 8.65. The number of carbonyl (C=O) groups is 1. The molecule has 1 amide bonds. The van der Waals surface area contributed by atoms with Gasteiger partial charge in [0.2, 0.25) is 5.91 Å². The average molecular weight is 244 g/mol. The van der Waals surface area contributed by atoms with Crippen LogP contribution in [0.2, 0.25) is 0 Å². The van der Waals surface area contributed by atoms with Crippen molar-refractivity contribution >= 4 is 5.91 Å². The normalized spacial score (nSPS) is 30.9. The molecule has 2 fully saturated rings. The maximum absolute atomic E-state index is 12.0. The average Bonchev–Trinajstić information content (AvgIpc) is 2.90. The van der Waals surface area contributed by atoms with E-state index >= 15 is 0 Å². The predicted molar refractivity (Wildman–Crippen MR) is 70.9 cm³/mol. The van der Waals surface area contributed by atoms with Gasteiger partial charge in [0.15, 0.2) is 0 Å². The van der Waals surface area contributed by atoms with Gasteiger partial charge >= 0.3 is 0 Å². The lowest BCUT2D eigenvalue weighted by Gasteiger charge is -2.25. The summed E-state index contributed by atoms with van der Waals surface area (Å²) < 4.78 is 0. The maximum Gasteiger partial charge on any atom is 0.238 e. The summed E-state index contributed by atoms with van der Waals surface area (Å²) in [5, 5.41) is 3.32. The fourth-order valence-electron chi connectivity index (χ4n) is 2.79. The minimum absolute atomic E-state index is 0.0743. The molecule has 3 rings (SSSR count). The van der Waals surface area contributed by atoms with E-state index in [-0.39, 0.29) is 12.1 Å². The molecule has 0 aromatic heterocycles. The lowest BCUT2D eigenvalue weighted by Crippen LogP contribution is -2.32. The first-order valence-corrected chi connectivity index (χ1v) is 6.74. The van der Waals surface area contributed by atoms with Gasteiger partial charge in [-0.1, -0.05) is 36.8 Å². The highest BCUT2D eigenvalue weighted by Crippen LogP contribution is 2.40. The van der Waals surface area contributed by atoms with Crippen LogP contribution in [0.4, 0.5) is 0 Å². The Labute approximate surface area is 108 Å². The van der Waals surface area contributed by atoms with Crippen LogP contribution < -0.4 is 5.32 Å². The van der Waals surface area contributed by atoms with Crippen LogP contribution in [0, 0.1) is 18.8 Å². The van der Waals surface area contributed by atoms with Crippen molar-refractivity contribution in [3.05, 3.63) is 35.4 Å². The van der Waals surface area contributed by atoms with Gasteiger partial charge in [-0.25, -0.2) is 0 Å². The van der Waals surface area contributed by atoms with E-state index < -0.39 is 0 Å². The van der Waals surface area contributed by atoms with Gasteiger partial charge in [0, 0.05) is 6.54 Å². The largest absolute Gasteiger partial charge is 0.322 e. The van der Waals surface area contributed by atoms with Crippen LogP contribution in [0.5, 0.6) is 0 Å². The molecule has 1 heterocycles. The summed E-state index contributed by atoms with van der Waals surface area (Å²) in [7, 11) is 0. The molecule has 0 spiro atoms. The summed E-state index contributed by atoms with van der Waals surface area (Å²) in [5.74, 6) is 1.73. The Morgan fingerprint density at radius 3 is 2.89 bits per heavy atom. The van der Waals surface area contributed by atoms with Crippen molar-refractivity contribution < 1.29 is 4.79 Å². The fourth-order valence-corrected chi connectivity index (χ4v) is 2.79. The summed E-state index contributed by atoms with van der Waals surface area (Å²) >= 11 is 0. The van der Waals surface area contributed by atoms with Gasteiger partial charge in [0.05, 0.1) is 6.54 Å². The molecule has 3 heteroatoms. The van der Waals surface area contributed by atoms with Gasteiger partial charge in [-0.15, -0.1) is 0 Å². The molecule has 3 nitrogen and oxygen atoms in total. The second kappa shape index (κ2) is 4.39. The highest BCUT2D eigenvalue weighted by atomic mass is 16.2. The molecular weight excluding hydrogens is 224 g/mol. The first-order valence-electron chi connectivity index (χ1n) is 6.74. The topological polar surface area (TPSA) is 32.3 Å². The monoisotopic (exact) mass is 244 g/mol. The van der Waals surface area contributed by atoms with E-state index in [1.165, 1.54) is 17.5 Å². The zero-order valence-corrected chi connectivity index (χ0v) is 11.0. The van der Waals surface area contributed by atoms with Crippen molar-refractivity contribution in [2.24, 2.45) is 11.8 Å². The third kappa shape index (κ3) is 2.15. The predicted octanol–water partition coefficient (Wildman–Crippen LogP) is 2.08. The van der Waals surface area contributed by atoms with Crippen molar-refractivity contribution in [2.75, 3.05) is 13.1 Å². The molecular formula is C15H20N2O. The molecule has 0 radical (unpaired) electrons. The zero-order chi connectivity index (χ0) is 12.7. The summed E-state index contributed by atoms with van der Waals surface area (Å²) in [5.41, 5.74) is 2.45. The van der Waals surface area contributed by atoms with Crippen molar-refractivity contribution in [3.8, 4) is 0 Å².